The van der Waals surface area contributed by atoms with Gasteiger partial charge in [0.15, 0.2) is 0 Å². The van der Waals surface area contributed by atoms with Gasteiger partial charge in [0.25, 0.3) is 0 Å². The Bertz CT molecular complexity index is 329. The van der Waals surface area contributed by atoms with Crippen molar-refractivity contribution >= 4 is 11.3 Å². The Balaban J connectivity index is 1.87. The van der Waals surface area contributed by atoms with Gasteiger partial charge in [0.05, 0.1) is 12.3 Å². The lowest BCUT2D eigenvalue weighted by Crippen LogP contribution is -2.48. The molecule has 1 aliphatic heterocycles. The average Bonchev–Trinajstić information content (AvgIpc) is 2.66. The Labute approximate surface area is 101 Å². The number of hydrogen-bond donors (Lipinski definition) is 1. The summed E-state index contributed by atoms with van der Waals surface area (Å²) < 4.78 is 5.07. The molecule has 1 saturated heterocycles. The second kappa shape index (κ2) is 5.72. The Kier molecular flexibility index (Phi) is 4.29. The lowest BCUT2D eigenvalue weighted by atomic mass is 10.2. The van der Waals surface area contributed by atoms with Crippen molar-refractivity contribution in [2.45, 2.75) is 26.1 Å². The maximum atomic E-state index is 5.07. The van der Waals surface area contributed by atoms with E-state index in [2.05, 4.69) is 27.5 Å². The molecule has 0 spiro atoms. The highest BCUT2D eigenvalue weighted by molar-refractivity contribution is 7.09. The van der Waals surface area contributed by atoms with E-state index in [1.165, 1.54) is 5.69 Å². The van der Waals surface area contributed by atoms with Gasteiger partial charge in [0, 0.05) is 44.7 Å². The van der Waals surface area contributed by atoms with Gasteiger partial charge in [-0.3, -0.25) is 4.90 Å². The van der Waals surface area contributed by atoms with Crippen LogP contribution in [0.5, 0.6) is 0 Å². The molecule has 2 heterocycles. The van der Waals surface area contributed by atoms with E-state index in [9.17, 15) is 0 Å². The zero-order valence-electron chi connectivity index (χ0n) is 9.90. The van der Waals surface area contributed by atoms with Crippen LogP contribution in [0.25, 0.3) is 0 Å². The molecule has 16 heavy (non-hydrogen) atoms. The van der Waals surface area contributed by atoms with Gasteiger partial charge < -0.3 is 10.1 Å². The number of thiazole rings is 1. The number of nitrogens with one attached hydrogen (secondary N) is 1. The molecule has 0 aliphatic carbocycles. The number of ether oxygens (including phenoxy) is 1. The first-order valence-electron chi connectivity index (χ1n) is 5.66. The molecule has 0 radical (unpaired) electrons. The molecule has 1 aliphatic rings. The molecule has 0 amide bonds. The number of nitrogens with zero attached hydrogens (tertiary/aromatic N) is 2. The van der Waals surface area contributed by atoms with Crippen LogP contribution in [0, 0.1) is 0 Å². The third kappa shape index (κ3) is 3.25. The monoisotopic (exact) mass is 241 g/mol. The van der Waals surface area contributed by atoms with E-state index < -0.39 is 0 Å². The van der Waals surface area contributed by atoms with Gasteiger partial charge in [0.2, 0.25) is 0 Å². The van der Waals surface area contributed by atoms with E-state index in [0.717, 1.165) is 31.2 Å². The van der Waals surface area contributed by atoms with Crippen LogP contribution < -0.4 is 5.32 Å². The van der Waals surface area contributed by atoms with E-state index >= 15 is 0 Å². The van der Waals surface area contributed by atoms with Gasteiger partial charge >= 0.3 is 0 Å². The Hall–Kier alpha value is -0.490. The van der Waals surface area contributed by atoms with Crippen molar-refractivity contribution in [3.63, 3.8) is 0 Å². The van der Waals surface area contributed by atoms with Crippen LogP contribution in [0.2, 0.25) is 0 Å². The van der Waals surface area contributed by atoms with Gasteiger partial charge in [-0.1, -0.05) is 0 Å². The normalized spacial score (nSPS) is 22.5. The zero-order valence-corrected chi connectivity index (χ0v) is 10.7. The fourth-order valence-electron chi connectivity index (χ4n) is 2.00. The third-order valence-corrected chi connectivity index (χ3v) is 3.58. The van der Waals surface area contributed by atoms with E-state index in [0.29, 0.717) is 12.6 Å². The lowest BCUT2D eigenvalue weighted by molar-refractivity contribution is 0.182. The minimum atomic E-state index is 0.589. The predicted octanol–water partition coefficient (Wildman–Crippen LogP) is 1.08. The SMILES string of the molecule is COCc1nc(CN2CCN[C@H](C)C2)cs1. The summed E-state index contributed by atoms with van der Waals surface area (Å²) in [5, 5.41) is 6.65. The van der Waals surface area contributed by atoms with Gasteiger partial charge in [-0.15, -0.1) is 11.3 Å². The number of rotatable bonds is 4. The molecule has 0 aromatic carbocycles. The van der Waals surface area contributed by atoms with Crippen LogP contribution >= 0.6 is 11.3 Å². The molecule has 0 saturated carbocycles. The number of piperazine rings is 1. The fraction of sp³-hybridized carbons (Fsp3) is 0.727. The Morgan fingerprint density at radius 1 is 1.69 bits per heavy atom. The van der Waals surface area contributed by atoms with Crippen LogP contribution in [0.15, 0.2) is 5.38 Å². The van der Waals surface area contributed by atoms with Gasteiger partial charge in [-0.05, 0) is 6.92 Å². The molecule has 1 aromatic heterocycles. The van der Waals surface area contributed by atoms with Crippen LogP contribution in [0.3, 0.4) is 0 Å². The first kappa shape index (κ1) is 12.0. The van der Waals surface area contributed by atoms with Crippen molar-refractivity contribution < 1.29 is 4.74 Å². The van der Waals surface area contributed by atoms with Crippen molar-refractivity contribution in [2.75, 3.05) is 26.7 Å². The highest BCUT2D eigenvalue weighted by Gasteiger charge is 2.16. The van der Waals surface area contributed by atoms with Crippen LogP contribution in [-0.4, -0.2) is 42.7 Å². The minimum absolute atomic E-state index is 0.589. The van der Waals surface area contributed by atoms with E-state index in [-0.39, 0.29) is 0 Å². The minimum Gasteiger partial charge on any atom is -0.378 e. The highest BCUT2D eigenvalue weighted by Crippen LogP contribution is 2.13. The molecule has 0 unspecified atom stereocenters. The Morgan fingerprint density at radius 2 is 2.56 bits per heavy atom. The summed E-state index contributed by atoms with van der Waals surface area (Å²) in [6.45, 7) is 7.12. The van der Waals surface area contributed by atoms with Gasteiger partial charge in [0.1, 0.15) is 5.01 Å². The summed E-state index contributed by atoms with van der Waals surface area (Å²) in [7, 11) is 1.71. The molecule has 4 nitrogen and oxygen atoms in total. The maximum absolute atomic E-state index is 5.07. The fourth-order valence-corrected chi connectivity index (χ4v) is 2.75. The van der Waals surface area contributed by atoms with Crippen molar-refractivity contribution in [1.29, 1.82) is 0 Å². The summed E-state index contributed by atoms with van der Waals surface area (Å²) in [5.74, 6) is 0. The second-order valence-corrected chi connectivity index (χ2v) is 5.20. The first-order valence-corrected chi connectivity index (χ1v) is 6.54. The van der Waals surface area contributed by atoms with Gasteiger partial charge in [-0.25, -0.2) is 4.98 Å². The summed E-state index contributed by atoms with van der Waals surface area (Å²) in [6, 6.07) is 0.589. The molecule has 90 valence electrons. The largest absolute Gasteiger partial charge is 0.378 e. The standard InChI is InChI=1S/C11H19N3OS/c1-9-5-14(4-3-12-9)6-10-8-16-11(13-10)7-15-2/h8-9,12H,3-7H2,1-2H3/t9-/m1/s1. The smallest absolute Gasteiger partial charge is 0.119 e. The third-order valence-electron chi connectivity index (χ3n) is 2.71. The number of hydrogen-bond acceptors (Lipinski definition) is 5. The average molecular weight is 241 g/mol. The van der Waals surface area contributed by atoms with Crippen LogP contribution in [-0.2, 0) is 17.9 Å². The molecule has 5 heteroatoms. The topological polar surface area (TPSA) is 37.4 Å². The number of aromatic nitrogens is 1. The van der Waals surface area contributed by atoms with Gasteiger partial charge in [-0.2, -0.15) is 0 Å². The Morgan fingerprint density at radius 3 is 3.31 bits per heavy atom. The molecule has 1 atom stereocenters. The molecule has 1 N–H and O–H groups in total. The molecular formula is C11H19N3OS. The predicted molar refractivity (Wildman–Crippen MR) is 65.6 cm³/mol. The number of methoxy groups -OCH3 is 1. The van der Waals surface area contributed by atoms with E-state index in [4.69, 9.17) is 4.74 Å². The van der Waals surface area contributed by atoms with E-state index in [1.807, 2.05) is 0 Å². The van der Waals surface area contributed by atoms with Crippen LogP contribution in [0.1, 0.15) is 17.6 Å². The summed E-state index contributed by atoms with van der Waals surface area (Å²) >= 11 is 1.69. The zero-order chi connectivity index (χ0) is 11.4. The maximum Gasteiger partial charge on any atom is 0.119 e. The first-order chi connectivity index (χ1) is 7.78. The van der Waals surface area contributed by atoms with Crippen molar-refractivity contribution in [3.8, 4) is 0 Å². The quantitative estimate of drug-likeness (QED) is 0.856. The van der Waals surface area contributed by atoms with Crippen LogP contribution in [0.4, 0.5) is 0 Å². The summed E-state index contributed by atoms with van der Waals surface area (Å²) in [5.41, 5.74) is 1.17. The lowest BCUT2D eigenvalue weighted by Gasteiger charge is -2.31. The molecular weight excluding hydrogens is 222 g/mol. The molecule has 1 aromatic rings. The molecule has 1 fully saturated rings. The molecule has 2 rings (SSSR count). The van der Waals surface area contributed by atoms with Crippen molar-refractivity contribution in [2.24, 2.45) is 0 Å². The second-order valence-electron chi connectivity index (χ2n) is 4.26. The summed E-state index contributed by atoms with van der Waals surface area (Å²) in [6.07, 6.45) is 0. The summed E-state index contributed by atoms with van der Waals surface area (Å²) in [4.78, 5) is 7.00. The molecule has 0 bridgehead atoms. The highest BCUT2D eigenvalue weighted by atomic mass is 32.1. The van der Waals surface area contributed by atoms with E-state index in [1.54, 1.807) is 18.4 Å². The van der Waals surface area contributed by atoms with Crippen molar-refractivity contribution in [3.05, 3.63) is 16.1 Å². The van der Waals surface area contributed by atoms with Crippen molar-refractivity contribution in [1.82, 2.24) is 15.2 Å².